The van der Waals surface area contributed by atoms with E-state index in [9.17, 15) is 14.4 Å². The summed E-state index contributed by atoms with van der Waals surface area (Å²) in [6.45, 7) is 4.44. The highest BCUT2D eigenvalue weighted by Gasteiger charge is 2.31. The summed E-state index contributed by atoms with van der Waals surface area (Å²) in [6, 6.07) is -0.868. The molecule has 2 N–H and O–H groups in total. The Balaban J connectivity index is 1.79. The monoisotopic (exact) mass is 324 g/mol. The number of hydrogen-bond acceptors (Lipinski definition) is 4. The molecular weight excluding hydrogens is 296 g/mol. The van der Waals surface area contributed by atoms with E-state index < -0.39 is 6.03 Å². The van der Waals surface area contributed by atoms with Crippen LogP contribution in [0.1, 0.15) is 39.0 Å². The van der Waals surface area contributed by atoms with Gasteiger partial charge < -0.3 is 10.2 Å². The van der Waals surface area contributed by atoms with Crippen molar-refractivity contribution in [2.75, 3.05) is 33.2 Å². The zero-order valence-corrected chi connectivity index (χ0v) is 14.1. The number of nitrogens with zero attached hydrogens (tertiary/aromatic N) is 2. The van der Waals surface area contributed by atoms with Gasteiger partial charge in [-0.2, -0.15) is 0 Å². The van der Waals surface area contributed by atoms with Crippen LogP contribution >= 0.6 is 0 Å². The van der Waals surface area contributed by atoms with E-state index in [0.29, 0.717) is 26.2 Å². The summed E-state index contributed by atoms with van der Waals surface area (Å²) in [7, 11) is 1.48. The number of carbonyl (C=O) groups excluding carboxylic acids is 3. The second-order valence-electron chi connectivity index (χ2n) is 6.44. The number of nitrogens with one attached hydrogen (secondary N) is 2. The number of carbonyl (C=O) groups is 3. The van der Waals surface area contributed by atoms with Crippen LogP contribution in [-0.2, 0) is 9.59 Å². The molecule has 4 amide bonds. The Hall–Kier alpha value is -1.63. The fraction of sp³-hybridized carbons (Fsp3) is 0.812. The molecule has 1 atom stereocenters. The van der Waals surface area contributed by atoms with Crippen molar-refractivity contribution in [2.45, 2.75) is 45.1 Å². The summed E-state index contributed by atoms with van der Waals surface area (Å²) < 4.78 is 0. The van der Waals surface area contributed by atoms with Gasteiger partial charge in [0.25, 0.3) is 0 Å². The maximum absolute atomic E-state index is 12.5. The molecule has 1 saturated heterocycles. The van der Waals surface area contributed by atoms with E-state index in [4.69, 9.17) is 0 Å². The minimum Gasteiger partial charge on any atom is -0.341 e. The Morgan fingerprint density at radius 2 is 1.61 bits per heavy atom. The van der Waals surface area contributed by atoms with Crippen LogP contribution in [0.15, 0.2) is 0 Å². The zero-order chi connectivity index (χ0) is 16.8. The minimum atomic E-state index is -0.493. The highest BCUT2D eigenvalue weighted by Crippen LogP contribution is 2.25. The zero-order valence-electron chi connectivity index (χ0n) is 14.1. The van der Waals surface area contributed by atoms with Crippen LogP contribution in [0.3, 0.4) is 0 Å². The molecule has 1 saturated carbocycles. The number of amides is 4. The van der Waals surface area contributed by atoms with Gasteiger partial charge in [-0.25, -0.2) is 4.79 Å². The SMILES string of the molecule is CNC(=O)NC(=O)[C@H](C)N1CCN(C(=O)C2CCCCC2)CC1. The second kappa shape index (κ2) is 8.29. The third-order valence-corrected chi connectivity index (χ3v) is 4.97. The third-order valence-electron chi connectivity index (χ3n) is 4.97. The molecule has 7 nitrogen and oxygen atoms in total. The average molecular weight is 324 g/mol. The van der Waals surface area contributed by atoms with E-state index in [2.05, 4.69) is 10.6 Å². The summed E-state index contributed by atoms with van der Waals surface area (Å²) in [5.41, 5.74) is 0. The molecule has 23 heavy (non-hydrogen) atoms. The minimum absolute atomic E-state index is 0.198. The lowest BCUT2D eigenvalue weighted by molar-refractivity contribution is -0.139. The van der Waals surface area contributed by atoms with Crippen molar-refractivity contribution in [1.29, 1.82) is 0 Å². The molecule has 2 aliphatic rings. The Morgan fingerprint density at radius 3 is 2.17 bits per heavy atom. The third kappa shape index (κ3) is 4.67. The molecule has 1 heterocycles. The van der Waals surface area contributed by atoms with Gasteiger partial charge in [-0.1, -0.05) is 19.3 Å². The van der Waals surface area contributed by atoms with E-state index in [-0.39, 0.29) is 23.8 Å². The van der Waals surface area contributed by atoms with Gasteiger partial charge in [-0.3, -0.25) is 19.8 Å². The first kappa shape index (κ1) is 17.7. The van der Waals surface area contributed by atoms with Crippen molar-refractivity contribution in [3.63, 3.8) is 0 Å². The number of imide groups is 1. The van der Waals surface area contributed by atoms with Crippen LogP contribution < -0.4 is 10.6 Å². The molecular formula is C16H28N4O3. The van der Waals surface area contributed by atoms with Gasteiger partial charge in [0.05, 0.1) is 6.04 Å². The number of rotatable bonds is 3. The van der Waals surface area contributed by atoms with Gasteiger partial charge in [0.15, 0.2) is 0 Å². The predicted molar refractivity (Wildman–Crippen MR) is 86.8 cm³/mol. The first-order valence-corrected chi connectivity index (χ1v) is 8.58. The van der Waals surface area contributed by atoms with Crippen LogP contribution in [-0.4, -0.2) is 66.9 Å². The van der Waals surface area contributed by atoms with Crippen LogP contribution in [0.4, 0.5) is 4.79 Å². The molecule has 0 aromatic carbocycles. The van der Waals surface area contributed by atoms with Crippen molar-refractivity contribution in [3.8, 4) is 0 Å². The second-order valence-corrected chi connectivity index (χ2v) is 6.44. The normalized spacial score (nSPS) is 21.6. The highest BCUT2D eigenvalue weighted by molar-refractivity contribution is 5.96. The maximum Gasteiger partial charge on any atom is 0.321 e. The Kier molecular flexibility index (Phi) is 6.38. The van der Waals surface area contributed by atoms with Gasteiger partial charge >= 0.3 is 6.03 Å². The topological polar surface area (TPSA) is 81.8 Å². The van der Waals surface area contributed by atoms with Crippen molar-refractivity contribution in [3.05, 3.63) is 0 Å². The van der Waals surface area contributed by atoms with Crippen molar-refractivity contribution in [1.82, 2.24) is 20.4 Å². The number of hydrogen-bond donors (Lipinski definition) is 2. The van der Waals surface area contributed by atoms with Gasteiger partial charge in [0.2, 0.25) is 11.8 Å². The molecule has 0 unspecified atom stereocenters. The van der Waals surface area contributed by atoms with Crippen molar-refractivity contribution >= 4 is 17.8 Å². The molecule has 2 rings (SSSR count). The van der Waals surface area contributed by atoms with Gasteiger partial charge in [0, 0.05) is 39.1 Å². The lowest BCUT2D eigenvalue weighted by Gasteiger charge is -2.39. The van der Waals surface area contributed by atoms with E-state index in [1.165, 1.54) is 13.5 Å². The summed E-state index contributed by atoms with van der Waals surface area (Å²) in [6.07, 6.45) is 5.60. The number of piperazine rings is 1. The lowest BCUT2D eigenvalue weighted by atomic mass is 9.88. The smallest absolute Gasteiger partial charge is 0.321 e. The molecule has 1 aliphatic carbocycles. The maximum atomic E-state index is 12.5. The van der Waals surface area contributed by atoms with Crippen LogP contribution in [0, 0.1) is 5.92 Å². The standard InChI is InChI=1S/C16H28N4O3/c1-12(14(21)18-16(23)17-2)19-8-10-20(11-9-19)15(22)13-6-4-3-5-7-13/h12-13H,3-11H2,1-2H3,(H2,17,18,21,23)/t12-/m0/s1. The van der Waals surface area contributed by atoms with Gasteiger partial charge in [-0.05, 0) is 19.8 Å². The van der Waals surface area contributed by atoms with Crippen LogP contribution in [0.5, 0.6) is 0 Å². The molecule has 2 fully saturated rings. The molecule has 0 spiro atoms. The van der Waals surface area contributed by atoms with Gasteiger partial charge in [0.1, 0.15) is 0 Å². The van der Waals surface area contributed by atoms with Crippen molar-refractivity contribution < 1.29 is 14.4 Å². The highest BCUT2D eigenvalue weighted by atomic mass is 16.2. The first-order valence-electron chi connectivity index (χ1n) is 8.58. The van der Waals surface area contributed by atoms with E-state index in [1.807, 2.05) is 9.80 Å². The lowest BCUT2D eigenvalue weighted by Crippen LogP contribution is -2.56. The Morgan fingerprint density at radius 1 is 1.00 bits per heavy atom. The summed E-state index contributed by atoms with van der Waals surface area (Å²) in [4.78, 5) is 39.7. The molecule has 1 aliphatic heterocycles. The van der Waals surface area contributed by atoms with Crippen LogP contribution in [0.2, 0.25) is 0 Å². The quantitative estimate of drug-likeness (QED) is 0.794. The first-order chi connectivity index (χ1) is 11.0. The molecule has 7 heteroatoms. The fourth-order valence-electron chi connectivity index (χ4n) is 3.38. The van der Waals surface area contributed by atoms with E-state index in [0.717, 1.165) is 25.7 Å². The largest absolute Gasteiger partial charge is 0.341 e. The van der Waals surface area contributed by atoms with Gasteiger partial charge in [-0.15, -0.1) is 0 Å². The molecule has 0 aromatic heterocycles. The van der Waals surface area contributed by atoms with E-state index in [1.54, 1.807) is 6.92 Å². The fourth-order valence-corrected chi connectivity index (χ4v) is 3.38. The Labute approximate surface area is 137 Å². The Bertz CT molecular complexity index is 441. The summed E-state index contributed by atoms with van der Waals surface area (Å²) >= 11 is 0. The number of urea groups is 1. The molecule has 0 bridgehead atoms. The average Bonchev–Trinajstić information content (AvgIpc) is 2.61. The summed E-state index contributed by atoms with van der Waals surface area (Å²) in [5, 5.41) is 4.67. The molecule has 0 aromatic rings. The van der Waals surface area contributed by atoms with E-state index >= 15 is 0 Å². The van der Waals surface area contributed by atoms with Crippen LogP contribution in [0.25, 0.3) is 0 Å². The molecule has 130 valence electrons. The molecule has 0 radical (unpaired) electrons. The predicted octanol–water partition coefficient (Wildman–Crippen LogP) is 0.555. The van der Waals surface area contributed by atoms with Crippen molar-refractivity contribution in [2.24, 2.45) is 5.92 Å². The summed E-state index contributed by atoms with van der Waals surface area (Å²) in [5.74, 6) is 0.174.